The summed E-state index contributed by atoms with van der Waals surface area (Å²) in [5, 5.41) is 3.27. The summed E-state index contributed by atoms with van der Waals surface area (Å²) in [4.78, 5) is 31.7. The maximum atomic E-state index is 12.8. The number of aromatic nitrogens is 1. The monoisotopic (exact) mass is 473 g/mol. The van der Waals surface area contributed by atoms with Crippen LogP contribution in [0.25, 0.3) is 10.2 Å². The Kier molecular flexibility index (Phi) is 4.63. The molecule has 3 heterocycles. The number of benzene rings is 2. The molecule has 1 atom stereocenters. The molecule has 0 spiro atoms. The van der Waals surface area contributed by atoms with Crippen LogP contribution in [0, 0.1) is 5.92 Å². The first-order chi connectivity index (χ1) is 14.1. The summed E-state index contributed by atoms with van der Waals surface area (Å²) in [5.41, 5.74) is 1.50. The lowest BCUT2D eigenvalue weighted by Crippen LogP contribution is -2.33. The van der Waals surface area contributed by atoms with Crippen LogP contribution in [0.3, 0.4) is 0 Å². The molecule has 2 aliphatic rings. The second kappa shape index (κ2) is 7.31. The van der Waals surface area contributed by atoms with Crippen molar-refractivity contribution in [3.63, 3.8) is 0 Å². The van der Waals surface area contributed by atoms with Crippen LogP contribution in [0.15, 0.2) is 40.9 Å². The van der Waals surface area contributed by atoms with E-state index in [1.165, 1.54) is 11.3 Å². The molecule has 1 fully saturated rings. The van der Waals surface area contributed by atoms with Gasteiger partial charge in [0.1, 0.15) is 19.1 Å². The number of amides is 2. The highest BCUT2D eigenvalue weighted by Crippen LogP contribution is 2.38. The SMILES string of the molecule is O=C(Nc1nc2cc3c(cc2s1)OCCO3)C1CCN(c2ccccc2Br)C1=O. The molecular formula is C20H16BrN3O4S. The minimum absolute atomic E-state index is 0.201. The molecule has 1 unspecified atom stereocenters. The molecule has 1 aromatic heterocycles. The van der Waals surface area contributed by atoms with Crippen LogP contribution in [0.2, 0.25) is 0 Å². The zero-order valence-electron chi connectivity index (χ0n) is 15.2. The van der Waals surface area contributed by atoms with Gasteiger partial charge < -0.3 is 19.7 Å². The number of fused-ring (bicyclic) bond motifs is 2. The number of carbonyl (C=O) groups is 2. The van der Waals surface area contributed by atoms with Crippen molar-refractivity contribution in [2.24, 2.45) is 5.92 Å². The van der Waals surface area contributed by atoms with Crippen molar-refractivity contribution in [1.82, 2.24) is 4.98 Å². The van der Waals surface area contributed by atoms with Gasteiger partial charge in [0.05, 0.1) is 15.9 Å². The van der Waals surface area contributed by atoms with Gasteiger partial charge in [0.25, 0.3) is 0 Å². The third kappa shape index (κ3) is 3.34. The average molecular weight is 474 g/mol. The lowest BCUT2D eigenvalue weighted by Gasteiger charge is -2.18. The van der Waals surface area contributed by atoms with Crippen molar-refractivity contribution < 1.29 is 19.1 Å². The number of nitrogens with zero attached hydrogens (tertiary/aromatic N) is 2. The molecule has 29 heavy (non-hydrogen) atoms. The van der Waals surface area contributed by atoms with Crippen LogP contribution in [0.4, 0.5) is 10.8 Å². The van der Waals surface area contributed by atoms with Crippen LogP contribution < -0.4 is 19.7 Å². The maximum Gasteiger partial charge on any atom is 0.239 e. The van der Waals surface area contributed by atoms with Gasteiger partial charge in [-0.25, -0.2) is 4.98 Å². The highest BCUT2D eigenvalue weighted by Gasteiger charge is 2.38. The number of carbonyl (C=O) groups excluding carboxylic acids is 2. The van der Waals surface area contributed by atoms with Crippen molar-refractivity contribution in [3.8, 4) is 11.5 Å². The number of hydrogen-bond acceptors (Lipinski definition) is 6. The molecule has 2 amide bonds. The number of para-hydroxylation sites is 1. The summed E-state index contributed by atoms with van der Waals surface area (Å²) in [7, 11) is 0. The Balaban J connectivity index is 1.34. The van der Waals surface area contributed by atoms with Gasteiger partial charge in [0.15, 0.2) is 16.6 Å². The molecule has 2 aromatic carbocycles. The summed E-state index contributed by atoms with van der Waals surface area (Å²) in [6.07, 6.45) is 0.465. The fraction of sp³-hybridized carbons (Fsp3) is 0.250. The Labute approximate surface area is 178 Å². The van der Waals surface area contributed by atoms with E-state index in [1.54, 1.807) is 4.90 Å². The van der Waals surface area contributed by atoms with Gasteiger partial charge >= 0.3 is 0 Å². The maximum absolute atomic E-state index is 12.8. The van der Waals surface area contributed by atoms with Gasteiger partial charge in [0.2, 0.25) is 11.8 Å². The number of nitrogens with one attached hydrogen (secondary N) is 1. The highest BCUT2D eigenvalue weighted by atomic mass is 79.9. The van der Waals surface area contributed by atoms with Crippen LogP contribution in [-0.2, 0) is 9.59 Å². The molecule has 0 aliphatic carbocycles. The minimum Gasteiger partial charge on any atom is -0.486 e. The standard InChI is InChI=1S/C20H16BrN3O4S/c21-12-3-1-2-4-14(12)24-6-5-11(19(24)26)18(25)23-20-22-13-9-15-16(10-17(13)29-20)28-8-7-27-15/h1-4,9-11H,5-8H2,(H,22,23,25). The van der Waals surface area contributed by atoms with Crippen molar-refractivity contribution in [3.05, 3.63) is 40.9 Å². The second-order valence-electron chi connectivity index (χ2n) is 6.75. The van der Waals surface area contributed by atoms with Gasteiger partial charge in [-0.05, 0) is 34.5 Å². The molecule has 2 aliphatic heterocycles. The van der Waals surface area contributed by atoms with Crippen molar-refractivity contribution >= 4 is 60.1 Å². The van der Waals surface area contributed by atoms with Crippen LogP contribution in [0.5, 0.6) is 11.5 Å². The first-order valence-corrected chi connectivity index (χ1v) is 10.8. The van der Waals surface area contributed by atoms with E-state index in [0.29, 0.717) is 42.8 Å². The normalized spacial score (nSPS) is 18.3. The quantitative estimate of drug-likeness (QED) is 0.584. The molecule has 0 bridgehead atoms. The molecular weight excluding hydrogens is 458 g/mol. The van der Waals surface area contributed by atoms with Gasteiger partial charge in [-0.3, -0.25) is 9.59 Å². The third-order valence-corrected chi connectivity index (χ3v) is 6.55. The molecule has 148 valence electrons. The predicted octanol–water partition coefficient (Wildman–Crippen LogP) is 3.82. The molecule has 7 nitrogen and oxygen atoms in total. The van der Waals surface area contributed by atoms with E-state index in [0.717, 1.165) is 20.4 Å². The fourth-order valence-corrected chi connectivity index (χ4v) is 4.92. The molecule has 0 radical (unpaired) electrons. The van der Waals surface area contributed by atoms with Gasteiger partial charge in [-0.15, -0.1) is 0 Å². The van der Waals surface area contributed by atoms with Crippen LogP contribution >= 0.6 is 27.3 Å². The Hall–Kier alpha value is -2.65. The number of rotatable bonds is 3. The number of hydrogen-bond donors (Lipinski definition) is 1. The summed E-state index contributed by atoms with van der Waals surface area (Å²) < 4.78 is 12.9. The third-order valence-electron chi connectivity index (χ3n) is 4.95. The fourth-order valence-electron chi connectivity index (χ4n) is 3.54. The number of thiazole rings is 1. The topological polar surface area (TPSA) is 80.8 Å². The molecule has 1 N–H and O–H groups in total. The Morgan fingerprint density at radius 3 is 2.76 bits per heavy atom. The lowest BCUT2D eigenvalue weighted by molar-refractivity contribution is -0.129. The van der Waals surface area contributed by atoms with E-state index in [-0.39, 0.29) is 11.8 Å². The van der Waals surface area contributed by atoms with Gasteiger partial charge in [0, 0.05) is 23.2 Å². The zero-order chi connectivity index (χ0) is 20.0. The van der Waals surface area contributed by atoms with Crippen molar-refractivity contribution in [2.45, 2.75) is 6.42 Å². The number of ether oxygens (including phenoxy) is 2. The van der Waals surface area contributed by atoms with Crippen LogP contribution in [-0.4, -0.2) is 36.6 Å². The summed E-state index contributed by atoms with van der Waals surface area (Å²) in [6.45, 7) is 1.52. The summed E-state index contributed by atoms with van der Waals surface area (Å²) >= 11 is 4.82. The van der Waals surface area contributed by atoms with Crippen LogP contribution in [0.1, 0.15) is 6.42 Å². The zero-order valence-corrected chi connectivity index (χ0v) is 17.6. The molecule has 0 saturated carbocycles. The van der Waals surface area contributed by atoms with E-state index < -0.39 is 5.92 Å². The average Bonchev–Trinajstić information content (AvgIpc) is 3.28. The highest BCUT2D eigenvalue weighted by molar-refractivity contribution is 9.10. The predicted molar refractivity (Wildman–Crippen MR) is 114 cm³/mol. The Bertz CT molecular complexity index is 1090. The molecule has 3 aromatic rings. The first-order valence-electron chi connectivity index (χ1n) is 9.17. The number of anilines is 2. The first kappa shape index (κ1) is 18.4. The molecule has 1 saturated heterocycles. The lowest BCUT2D eigenvalue weighted by atomic mass is 10.1. The largest absolute Gasteiger partial charge is 0.486 e. The van der Waals surface area contributed by atoms with E-state index in [2.05, 4.69) is 26.2 Å². The number of halogens is 1. The van der Waals surface area contributed by atoms with E-state index in [1.807, 2.05) is 36.4 Å². The molecule has 5 rings (SSSR count). The molecule has 9 heteroatoms. The van der Waals surface area contributed by atoms with Gasteiger partial charge in [-0.1, -0.05) is 23.5 Å². The smallest absolute Gasteiger partial charge is 0.239 e. The van der Waals surface area contributed by atoms with Crippen molar-refractivity contribution in [2.75, 3.05) is 30.0 Å². The summed E-state index contributed by atoms with van der Waals surface area (Å²) in [5.74, 6) is 0.0740. The minimum atomic E-state index is -0.728. The van der Waals surface area contributed by atoms with Gasteiger partial charge in [-0.2, -0.15) is 0 Å². The Morgan fingerprint density at radius 1 is 1.21 bits per heavy atom. The summed E-state index contributed by atoms with van der Waals surface area (Å²) in [6, 6.07) is 11.2. The van der Waals surface area contributed by atoms with Crippen molar-refractivity contribution in [1.29, 1.82) is 0 Å². The van der Waals surface area contributed by atoms with E-state index in [9.17, 15) is 9.59 Å². The van der Waals surface area contributed by atoms with E-state index in [4.69, 9.17) is 9.47 Å². The van der Waals surface area contributed by atoms with E-state index >= 15 is 0 Å². The Morgan fingerprint density at radius 2 is 1.97 bits per heavy atom. The second-order valence-corrected chi connectivity index (χ2v) is 8.64.